The zero-order chi connectivity index (χ0) is 9.54. The largest absolute Gasteiger partial charge is 0.353 e. The number of para-hydroxylation sites is 1. The number of nitrogens with zero attached hydrogens (tertiary/aromatic N) is 1. The minimum atomic E-state index is 0.999. The van der Waals surface area contributed by atoms with Crippen molar-refractivity contribution >= 4 is 21.8 Å². The number of nitrogens with one attached hydrogen (secondary N) is 1. The lowest BCUT2D eigenvalue weighted by Gasteiger charge is -1.92. The van der Waals surface area contributed by atoms with Crippen LogP contribution in [-0.4, -0.2) is 9.97 Å². The molecule has 0 aliphatic heterocycles. The molecule has 0 bridgehead atoms. The first-order valence-corrected chi connectivity index (χ1v) is 4.60. The van der Waals surface area contributed by atoms with Crippen molar-refractivity contribution in [3.8, 4) is 0 Å². The van der Waals surface area contributed by atoms with Gasteiger partial charge in [0.1, 0.15) is 0 Å². The van der Waals surface area contributed by atoms with E-state index in [0.29, 0.717) is 0 Å². The van der Waals surface area contributed by atoms with Crippen molar-refractivity contribution in [1.29, 1.82) is 0 Å². The first kappa shape index (κ1) is 7.56. The number of aromatic nitrogens is 2. The maximum Gasteiger partial charge on any atom is 0.0897 e. The van der Waals surface area contributed by atoms with Crippen molar-refractivity contribution in [3.05, 3.63) is 42.2 Å². The highest BCUT2D eigenvalue weighted by Crippen LogP contribution is 2.25. The summed E-state index contributed by atoms with van der Waals surface area (Å²) in [6, 6.07) is 10.2. The van der Waals surface area contributed by atoms with E-state index in [1.54, 1.807) is 0 Å². The van der Waals surface area contributed by atoms with E-state index in [-0.39, 0.29) is 0 Å². The first-order valence-electron chi connectivity index (χ1n) is 4.60. The Balaban J connectivity index is 2.63. The lowest BCUT2D eigenvalue weighted by atomic mass is 10.2. The van der Waals surface area contributed by atoms with Crippen LogP contribution in [0.2, 0.25) is 0 Å². The summed E-state index contributed by atoms with van der Waals surface area (Å²) < 4.78 is 0. The molecule has 0 spiro atoms. The second kappa shape index (κ2) is 2.58. The summed E-state index contributed by atoms with van der Waals surface area (Å²) in [4.78, 5) is 7.51. The van der Waals surface area contributed by atoms with Gasteiger partial charge in [0.25, 0.3) is 0 Å². The molecule has 1 N–H and O–H groups in total. The second-order valence-corrected chi connectivity index (χ2v) is 3.43. The maximum absolute atomic E-state index is 4.15. The van der Waals surface area contributed by atoms with Gasteiger partial charge >= 0.3 is 0 Å². The third-order valence-corrected chi connectivity index (χ3v) is 2.55. The van der Waals surface area contributed by atoms with Gasteiger partial charge in [-0.25, -0.2) is 4.98 Å². The predicted octanol–water partition coefficient (Wildman–Crippen LogP) is 2.82. The van der Waals surface area contributed by atoms with Crippen LogP contribution >= 0.6 is 0 Å². The van der Waals surface area contributed by atoms with E-state index in [4.69, 9.17) is 0 Å². The molecule has 3 rings (SSSR count). The van der Waals surface area contributed by atoms with Crippen LogP contribution in [0.4, 0.5) is 0 Å². The normalized spacial score (nSPS) is 11.2. The van der Waals surface area contributed by atoms with E-state index >= 15 is 0 Å². The highest BCUT2D eigenvalue weighted by Gasteiger charge is 2.04. The topological polar surface area (TPSA) is 28.7 Å². The molecule has 0 atom stereocenters. The fourth-order valence-corrected chi connectivity index (χ4v) is 1.85. The molecule has 0 saturated carbocycles. The van der Waals surface area contributed by atoms with E-state index in [0.717, 1.165) is 16.7 Å². The Morgan fingerprint density at radius 3 is 3.00 bits per heavy atom. The average Bonchev–Trinajstić information content (AvgIpc) is 2.59. The zero-order valence-corrected chi connectivity index (χ0v) is 7.83. The van der Waals surface area contributed by atoms with Crippen LogP contribution in [0.3, 0.4) is 0 Å². The molecule has 67 valence electrons. The van der Waals surface area contributed by atoms with Gasteiger partial charge in [0, 0.05) is 16.3 Å². The van der Waals surface area contributed by atoms with Gasteiger partial charge in [-0.3, -0.25) is 0 Å². The molecule has 0 unspecified atom stereocenters. The standard InChI is InChI=1S/C12H9N2/c1-8-12-10(6-7-13-8)9-4-2-3-5-11(9)14-12/h2-6,14H,1H3. The molecular formula is C12H9N2. The number of aromatic amines is 1. The molecule has 1 radical (unpaired) electrons. The smallest absolute Gasteiger partial charge is 0.0897 e. The minimum Gasteiger partial charge on any atom is -0.353 e. The van der Waals surface area contributed by atoms with Gasteiger partial charge in [-0.15, -0.1) is 0 Å². The minimum absolute atomic E-state index is 0.999. The van der Waals surface area contributed by atoms with Crippen LogP contribution in [0.25, 0.3) is 21.8 Å². The van der Waals surface area contributed by atoms with Crippen molar-refractivity contribution in [3.63, 3.8) is 0 Å². The molecule has 0 aliphatic rings. The van der Waals surface area contributed by atoms with E-state index in [2.05, 4.69) is 28.3 Å². The summed E-state index contributed by atoms with van der Waals surface area (Å²) in [5.41, 5.74) is 3.27. The van der Waals surface area contributed by atoms with E-state index < -0.39 is 0 Å². The van der Waals surface area contributed by atoms with E-state index in [1.165, 1.54) is 10.8 Å². The van der Waals surface area contributed by atoms with Crippen molar-refractivity contribution in [2.75, 3.05) is 0 Å². The summed E-state index contributed by atoms with van der Waals surface area (Å²) in [5, 5.41) is 2.44. The number of hydrogen-bond acceptors (Lipinski definition) is 1. The summed E-state index contributed by atoms with van der Waals surface area (Å²) >= 11 is 0. The quantitative estimate of drug-likeness (QED) is 0.567. The Kier molecular flexibility index (Phi) is 1.39. The Labute approximate surface area is 81.6 Å². The van der Waals surface area contributed by atoms with E-state index in [9.17, 15) is 0 Å². The number of aryl methyl sites for hydroxylation is 1. The highest BCUT2D eigenvalue weighted by molar-refractivity contribution is 6.07. The molecule has 3 aromatic rings. The molecule has 1 aromatic carbocycles. The monoisotopic (exact) mass is 181 g/mol. The second-order valence-electron chi connectivity index (χ2n) is 3.43. The molecule has 2 heterocycles. The Bertz CT molecular complexity index is 608. The van der Waals surface area contributed by atoms with E-state index in [1.807, 2.05) is 25.1 Å². The Hall–Kier alpha value is -1.83. The van der Waals surface area contributed by atoms with Crippen LogP contribution in [0.15, 0.2) is 30.3 Å². The van der Waals surface area contributed by atoms with Crippen LogP contribution in [-0.2, 0) is 0 Å². The number of rotatable bonds is 0. The van der Waals surface area contributed by atoms with Gasteiger partial charge in [0.05, 0.1) is 17.4 Å². The summed E-state index contributed by atoms with van der Waals surface area (Å²) in [7, 11) is 0. The Morgan fingerprint density at radius 1 is 1.21 bits per heavy atom. The van der Waals surface area contributed by atoms with Gasteiger partial charge in [-0.05, 0) is 19.1 Å². The molecule has 0 aliphatic carbocycles. The van der Waals surface area contributed by atoms with Gasteiger partial charge in [-0.2, -0.15) is 0 Å². The van der Waals surface area contributed by atoms with Crippen molar-refractivity contribution in [2.45, 2.75) is 6.92 Å². The van der Waals surface area contributed by atoms with Crippen molar-refractivity contribution in [1.82, 2.24) is 9.97 Å². The summed E-state index contributed by atoms with van der Waals surface area (Å²) in [6.45, 7) is 1.99. The molecule has 0 saturated heterocycles. The third kappa shape index (κ3) is 0.880. The lowest BCUT2D eigenvalue weighted by Crippen LogP contribution is -1.80. The lowest BCUT2D eigenvalue weighted by molar-refractivity contribution is 1.21. The van der Waals surface area contributed by atoms with Crippen LogP contribution in [0.1, 0.15) is 5.69 Å². The van der Waals surface area contributed by atoms with Gasteiger partial charge in [0.15, 0.2) is 0 Å². The highest BCUT2D eigenvalue weighted by atomic mass is 14.8. The predicted molar refractivity (Wildman–Crippen MR) is 57.2 cm³/mol. The van der Waals surface area contributed by atoms with Gasteiger partial charge < -0.3 is 4.98 Å². The maximum atomic E-state index is 4.15. The molecular weight excluding hydrogens is 172 g/mol. The number of benzene rings is 1. The molecule has 2 heteroatoms. The fraction of sp³-hybridized carbons (Fsp3) is 0.0833. The van der Waals surface area contributed by atoms with Crippen molar-refractivity contribution < 1.29 is 0 Å². The third-order valence-electron chi connectivity index (χ3n) is 2.55. The summed E-state index contributed by atoms with van der Waals surface area (Å²) in [6.07, 6.45) is 2.91. The fourth-order valence-electron chi connectivity index (χ4n) is 1.85. The zero-order valence-electron chi connectivity index (χ0n) is 7.83. The van der Waals surface area contributed by atoms with Crippen molar-refractivity contribution in [2.24, 2.45) is 0 Å². The molecule has 2 nitrogen and oxygen atoms in total. The summed E-state index contributed by atoms with van der Waals surface area (Å²) in [5.74, 6) is 0. The first-order chi connectivity index (χ1) is 6.86. The number of hydrogen-bond donors (Lipinski definition) is 1. The molecule has 14 heavy (non-hydrogen) atoms. The number of H-pyrrole nitrogens is 1. The SMILES string of the molecule is Cc1n[c]cc2c1[nH]c1ccccc12. The number of pyridine rings is 1. The molecule has 0 amide bonds. The van der Waals surface area contributed by atoms with Crippen LogP contribution < -0.4 is 0 Å². The van der Waals surface area contributed by atoms with Gasteiger partial charge in [-0.1, -0.05) is 18.2 Å². The molecule has 2 aromatic heterocycles. The number of fused-ring (bicyclic) bond motifs is 3. The Morgan fingerprint density at radius 2 is 2.07 bits per heavy atom. The molecule has 0 fully saturated rings. The van der Waals surface area contributed by atoms with Crippen LogP contribution in [0, 0.1) is 13.1 Å². The average molecular weight is 181 g/mol. The van der Waals surface area contributed by atoms with Gasteiger partial charge in [0.2, 0.25) is 0 Å². The van der Waals surface area contributed by atoms with Crippen LogP contribution in [0.5, 0.6) is 0 Å².